The van der Waals surface area contributed by atoms with Crippen LogP contribution in [0.25, 0.3) is 0 Å². The Bertz CT molecular complexity index is 447. The summed E-state index contributed by atoms with van der Waals surface area (Å²) in [6.07, 6.45) is 4.45. The normalized spacial score (nSPS) is 24.2. The van der Waals surface area contributed by atoms with Crippen LogP contribution < -0.4 is 10.6 Å². The van der Waals surface area contributed by atoms with Gasteiger partial charge in [0.05, 0.1) is 17.3 Å². The van der Waals surface area contributed by atoms with Crippen LogP contribution in [0.4, 0.5) is 0 Å². The number of carbonyl (C=O) groups excluding carboxylic acids is 1. The van der Waals surface area contributed by atoms with Crippen molar-refractivity contribution in [3.8, 4) is 0 Å². The van der Waals surface area contributed by atoms with Crippen LogP contribution in [-0.4, -0.2) is 34.8 Å². The van der Waals surface area contributed by atoms with Crippen molar-refractivity contribution >= 4 is 5.91 Å². The fourth-order valence-electron chi connectivity index (χ4n) is 2.29. The Balaban J connectivity index is 2.01. The summed E-state index contributed by atoms with van der Waals surface area (Å²) in [7, 11) is 0. The maximum atomic E-state index is 12.2. The van der Waals surface area contributed by atoms with Crippen molar-refractivity contribution in [1.29, 1.82) is 0 Å². The number of carbonyl (C=O) groups is 1. The monoisotopic (exact) mass is 264 g/mol. The SMILES string of the molecule is CC1CNCCC1NC(=O)c1cnn(C(C)(C)C)c1. The van der Waals surface area contributed by atoms with Gasteiger partial charge in [0.2, 0.25) is 0 Å². The molecule has 2 rings (SSSR count). The largest absolute Gasteiger partial charge is 0.349 e. The number of piperidine rings is 1. The minimum atomic E-state index is -0.0966. The lowest BCUT2D eigenvalue weighted by molar-refractivity contribution is 0.0914. The van der Waals surface area contributed by atoms with E-state index in [1.807, 2.05) is 10.9 Å². The summed E-state index contributed by atoms with van der Waals surface area (Å²) in [5.74, 6) is 0.449. The van der Waals surface area contributed by atoms with Crippen molar-refractivity contribution < 1.29 is 4.79 Å². The molecular formula is C14H24N4O. The van der Waals surface area contributed by atoms with Crippen molar-refractivity contribution in [1.82, 2.24) is 20.4 Å². The van der Waals surface area contributed by atoms with Crippen LogP contribution in [-0.2, 0) is 5.54 Å². The van der Waals surface area contributed by atoms with Gasteiger partial charge in [-0.25, -0.2) is 0 Å². The average molecular weight is 264 g/mol. The van der Waals surface area contributed by atoms with Gasteiger partial charge in [-0.05, 0) is 46.2 Å². The van der Waals surface area contributed by atoms with E-state index in [0.29, 0.717) is 11.5 Å². The molecule has 0 radical (unpaired) electrons. The average Bonchev–Trinajstić information content (AvgIpc) is 2.81. The molecule has 2 atom stereocenters. The first-order chi connectivity index (χ1) is 8.88. The van der Waals surface area contributed by atoms with Gasteiger partial charge in [-0.15, -0.1) is 0 Å². The Morgan fingerprint density at radius 2 is 2.26 bits per heavy atom. The molecule has 0 spiro atoms. The number of aromatic nitrogens is 2. The van der Waals surface area contributed by atoms with Gasteiger partial charge in [0.15, 0.2) is 0 Å². The molecule has 1 aliphatic rings. The van der Waals surface area contributed by atoms with E-state index >= 15 is 0 Å². The summed E-state index contributed by atoms with van der Waals surface area (Å²) in [6.45, 7) is 10.3. The summed E-state index contributed by atoms with van der Waals surface area (Å²) >= 11 is 0. The van der Waals surface area contributed by atoms with Gasteiger partial charge in [-0.2, -0.15) is 5.10 Å². The van der Waals surface area contributed by atoms with E-state index in [1.165, 1.54) is 0 Å². The molecule has 1 saturated heterocycles. The number of hydrogen-bond donors (Lipinski definition) is 2. The van der Waals surface area contributed by atoms with Gasteiger partial charge >= 0.3 is 0 Å². The number of hydrogen-bond acceptors (Lipinski definition) is 3. The molecular weight excluding hydrogens is 240 g/mol. The van der Waals surface area contributed by atoms with E-state index in [-0.39, 0.29) is 17.5 Å². The van der Waals surface area contributed by atoms with Crippen molar-refractivity contribution in [2.45, 2.75) is 45.7 Å². The molecule has 0 aliphatic carbocycles. The zero-order chi connectivity index (χ0) is 14.0. The molecule has 1 amide bonds. The lowest BCUT2D eigenvalue weighted by atomic mass is 9.95. The van der Waals surface area contributed by atoms with E-state index in [9.17, 15) is 4.79 Å². The topological polar surface area (TPSA) is 58.9 Å². The molecule has 106 valence electrons. The highest BCUT2D eigenvalue weighted by Gasteiger charge is 2.24. The van der Waals surface area contributed by atoms with E-state index in [2.05, 4.69) is 43.4 Å². The predicted molar refractivity (Wildman–Crippen MR) is 75.1 cm³/mol. The lowest BCUT2D eigenvalue weighted by Crippen LogP contribution is -2.48. The van der Waals surface area contributed by atoms with Gasteiger partial charge in [-0.3, -0.25) is 9.48 Å². The molecule has 2 heterocycles. The molecule has 5 heteroatoms. The first-order valence-corrected chi connectivity index (χ1v) is 6.94. The smallest absolute Gasteiger partial charge is 0.254 e. The summed E-state index contributed by atoms with van der Waals surface area (Å²) in [4.78, 5) is 12.2. The molecule has 19 heavy (non-hydrogen) atoms. The Labute approximate surface area is 114 Å². The van der Waals surface area contributed by atoms with E-state index in [1.54, 1.807) is 6.20 Å². The van der Waals surface area contributed by atoms with Gasteiger partial charge in [0.1, 0.15) is 0 Å². The minimum absolute atomic E-state index is 0.0192. The lowest BCUT2D eigenvalue weighted by Gasteiger charge is -2.30. The van der Waals surface area contributed by atoms with E-state index < -0.39 is 0 Å². The summed E-state index contributed by atoms with van der Waals surface area (Å²) < 4.78 is 1.83. The van der Waals surface area contributed by atoms with E-state index in [0.717, 1.165) is 19.5 Å². The van der Waals surface area contributed by atoms with Crippen LogP contribution in [0.15, 0.2) is 12.4 Å². The molecule has 1 aromatic rings. The first-order valence-electron chi connectivity index (χ1n) is 6.94. The number of amides is 1. The third kappa shape index (κ3) is 3.35. The number of nitrogens with zero attached hydrogens (tertiary/aromatic N) is 2. The zero-order valence-electron chi connectivity index (χ0n) is 12.2. The minimum Gasteiger partial charge on any atom is -0.349 e. The Morgan fingerprint density at radius 1 is 1.53 bits per heavy atom. The van der Waals surface area contributed by atoms with Crippen LogP contribution in [0.5, 0.6) is 0 Å². The third-order valence-electron chi connectivity index (χ3n) is 3.63. The number of nitrogens with one attached hydrogen (secondary N) is 2. The molecule has 0 saturated carbocycles. The van der Waals surface area contributed by atoms with Gasteiger partial charge in [0.25, 0.3) is 5.91 Å². The molecule has 1 aliphatic heterocycles. The Morgan fingerprint density at radius 3 is 2.84 bits per heavy atom. The highest BCUT2D eigenvalue weighted by atomic mass is 16.1. The Hall–Kier alpha value is -1.36. The van der Waals surface area contributed by atoms with Crippen LogP contribution >= 0.6 is 0 Å². The van der Waals surface area contributed by atoms with Crippen molar-refractivity contribution in [3.63, 3.8) is 0 Å². The zero-order valence-corrected chi connectivity index (χ0v) is 12.2. The van der Waals surface area contributed by atoms with Crippen LogP contribution in [0, 0.1) is 5.92 Å². The predicted octanol–water partition coefficient (Wildman–Crippen LogP) is 1.37. The maximum Gasteiger partial charge on any atom is 0.254 e. The summed E-state index contributed by atoms with van der Waals surface area (Å²) in [5.41, 5.74) is 0.543. The molecule has 2 N–H and O–H groups in total. The second kappa shape index (κ2) is 5.33. The molecule has 1 fully saturated rings. The van der Waals surface area contributed by atoms with Crippen LogP contribution in [0.2, 0.25) is 0 Å². The summed E-state index contributed by atoms with van der Waals surface area (Å²) in [6, 6.07) is 0.256. The highest BCUT2D eigenvalue weighted by Crippen LogP contribution is 2.14. The quantitative estimate of drug-likeness (QED) is 0.848. The molecule has 0 aromatic carbocycles. The fourth-order valence-corrected chi connectivity index (χ4v) is 2.29. The third-order valence-corrected chi connectivity index (χ3v) is 3.63. The van der Waals surface area contributed by atoms with Gasteiger partial charge < -0.3 is 10.6 Å². The first kappa shape index (κ1) is 14.1. The van der Waals surface area contributed by atoms with Gasteiger partial charge in [0, 0.05) is 12.2 Å². The molecule has 2 unspecified atom stereocenters. The molecule has 5 nitrogen and oxygen atoms in total. The van der Waals surface area contributed by atoms with Crippen LogP contribution in [0.1, 0.15) is 44.5 Å². The highest BCUT2D eigenvalue weighted by molar-refractivity contribution is 5.93. The van der Waals surface area contributed by atoms with Crippen molar-refractivity contribution in [3.05, 3.63) is 18.0 Å². The standard InChI is InChI=1S/C14H24N4O/c1-10-7-15-6-5-12(10)17-13(19)11-8-16-18(9-11)14(2,3)4/h8-10,12,15H,5-7H2,1-4H3,(H,17,19). The maximum absolute atomic E-state index is 12.2. The molecule has 1 aromatic heterocycles. The Kier molecular flexibility index (Phi) is 3.94. The van der Waals surface area contributed by atoms with Crippen molar-refractivity contribution in [2.75, 3.05) is 13.1 Å². The van der Waals surface area contributed by atoms with Crippen molar-refractivity contribution in [2.24, 2.45) is 5.92 Å². The fraction of sp³-hybridized carbons (Fsp3) is 0.714. The summed E-state index contributed by atoms with van der Waals surface area (Å²) in [5, 5.41) is 10.7. The van der Waals surface area contributed by atoms with E-state index in [4.69, 9.17) is 0 Å². The van der Waals surface area contributed by atoms with Crippen LogP contribution in [0.3, 0.4) is 0 Å². The second-order valence-corrected chi connectivity index (χ2v) is 6.39. The van der Waals surface area contributed by atoms with Gasteiger partial charge in [-0.1, -0.05) is 6.92 Å². The number of rotatable bonds is 2. The second-order valence-electron chi connectivity index (χ2n) is 6.39. The molecule has 0 bridgehead atoms.